The van der Waals surface area contributed by atoms with Gasteiger partial charge in [0, 0.05) is 5.38 Å². The van der Waals surface area contributed by atoms with Gasteiger partial charge in [0.05, 0.1) is 23.5 Å². The fraction of sp³-hybridized carbons (Fsp3) is 0.133. The van der Waals surface area contributed by atoms with Crippen LogP contribution in [0.4, 0.5) is 14.6 Å². The van der Waals surface area contributed by atoms with Gasteiger partial charge >= 0.3 is 0 Å². The SMILES string of the molecule is Cc1nn(Cc2nc(-c3c(F)cccc3F)cs2)c(N)c1C#N. The summed E-state index contributed by atoms with van der Waals surface area (Å²) in [6, 6.07) is 5.67. The third kappa shape index (κ3) is 2.66. The molecule has 0 amide bonds. The summed E-state index contributed by atoms with van der Waals surface area (Å²) in [6.45, 7) is 1.92. The van der Waals surface area contributed by atoms with Crippen molar-refractivity contribution in [3.63, 3.8) is 0 Å². The van der Waals surface area contributed by atoms with E-state index in [1.807, 2.05) is 6.07 Å². The van der Waals surface area contributed by atoms with Gasteiger partial charge in [0.1, 0.15) is 34.1 Å². The molecule has 0 fully saturated rings. The van der Waals surface area contributed by atoms with Gasteiger partial charge in [0.2, 0.25) is 0 Å². The number of hydrogen-bond acceptors (Lipinski definition) is 5. The van der Waals surface area contributed by atoms with Gasteiger partial charge in [-0.1, -0.05) is 6.07 Å². The molecule has 0 aliphatic carbocycles. The van der Waals surface area contributed by atoms with Crippen molar-refractivity contribution in [2.75, 3.05) is 5.73 Å². The molecule has 5 nitrogen and oxygen atoms in total. The molecule has 1 aromatic carbocycles. The van der Waals surface area contributed by atoms with E-state index >= 15 is 0 Å². The summed E-state index contributed by atoms with van der Waals surface area (Å²) >= 11 is 1.24. The van der Waals surface area contributed by atoms with Crippen LogP contribution < -0.4 is 5.73 Å². The van der Waals surface area contributed by atoms with E-state index in [9.17, 15) is 8.78 Å². The number of hydrogen-bond donors (Lipinski definition) is 1. The predicted molar refractivity (Wildman–Crippen MR) is 82.7 cm³/mol. The van der Waals surface area contributed by atoms with E-state index in [1.54, 1.807) is 12.3 Å². The second-order valence-electron chi connectivity index (χ2n) is 4.84. The molecule has 3 rings (SSSR count). The molecular weight excluding hydrogens is 320 g/mol. The zero-order chi connectivity index (χ0) is 16.6. The molecule has 23 heavy (non-hydrogen) atoms. The van der Waals surface area contributed by atoms with Gasteiger partial charge in [-0.15, -0.1) is 11.3 Å². The number of nitrogens with two attached hydrogens (primary N) is 1. The van der Waals surface area contributed by atoms with Crippen LogP contribution in [0.5, 0.6) is 0 Å². The summed E-state index contributed by atoms with van der Waals surface area (Å²) < 4.78 is 29.0. The minimum Gasteiger partial charge on any atom is -0.383 e. The van der Waals surface area contributed by atoms with E-state index in [0.29, 0.717) is 16.3 Å². The van der Waals surface area contributed by atoms with Crippen LogP contribution in [-0.2, 0) is 6.54 Å². The average molecular weight is 331 g/mol. The second kappa shape index (κ2) is 5.78. The first kappa shape index (κ1) is 15.1. The number of nitriles is 1. The molecular formula is C15H11F2N5S. The monoisotopic (exact) mass is 331 g/mol. The number of nitrogens with zero attached hydrogens (tertiary/aromatic N) is 4. The van der Waals surface area contributed by atoms with E-state index in [1.165, 1.54) is 34.2 Å². The molecule has 8 heteroatoms. The van der Waals surface area contributed by atoms with Crippen LogP contribution in [-0.4, -0.2) is 14.8 Å². The lowest BCUT2D eigenvalue weighted by atomic mass is 10.1. The predicted octanol–water partition coefficient (Wildman–Crippen LogP) is 3.10. The molecule has 3 aromatic rings. The van der Waals surface area contributed by atoms with Crippen LogP contribution in [0.25, 0.3) is 11.3 Å². The van der Waals surface area contributed by atoms with Gasteiger partial charge in [0.25, 0.3) is 0 Å². The summed E-state index contributed by atoms with van der Waals surface area (Å²) in [4.78, 5) is 4.24. The highest BCUT2D eigenvalue weighted by Crippen LogP contribution is 2.28. The Labute approximate surface area is 134 Å². The Morgan fingerprint density at radius 2 is 2.04 bits per heavy atom. The van der Waals surface area contributed by atoms with E-state index in [-0.39, 0.29) is 23.6 Å². The molecule has 0 unspecified atom stereocenters. The first-order valence-corrected chi connectivity index (χ1v) is 7.51. The number of anilines is 1. The summed E-state index contributed by atoms with van der Waals surface area (Å²) in [5, 5.41) is 15.4. The minimum atomic E-state index is -0.664. The van der Waals surface area contributed by atoms with Crippen molar-refractivity contribution < 1.29 is 8.78 Å². The van der Waals surface area contributed by atoms with Crippen LogP contribution in [0.15, 0.2) is 23.6 Å². The Morgan fingerprint density at radius 1 is 1.35 bits per heavy atom. The third-order valence-electron chi connectivity index (χ3n) is 3.33. The largest absolute Gasteiger partial charge is 0.383 e. The summed E-state index contributed by atoms with van der Waals surface area (Å²) in [5.74, 6) is -1.08. The van der Waals surface area contributed by atoms with Crippen LogP contribution in [0.3, 0.4) is 0 Å². The van der Waals surface area contributed by atoms with Crippen molar-refractivity contribution in [2.24, 2.45) is 0 Å². The van der Waals surface area contributed by atoms with Gasteiger partial charge in [-0.25, -0.2) is 18.4 Å². The van der Waals surface area contributed by atoms with Crippen LogP contribution in [0.2, 0.25) is 0 Å². The zero-order valence-electron chi connectivity index (χ0n) is 12.0. The second-order valence-corrected chi connectivity index (χ2v) is 5.78. The van der Waals surface area contributed by atoms with Gasteiger partial charge in [-0.2, -0.15) is 10.4 Å². The van der Waals surface area contributed by atoms with Crippen molar-refractivity contribution in [2.45, 2.75) is 13.5 Å². The molecule has 2 aromatic heterocycles. The van der Waals surface area contributed by atoms with Gasteiger partial charge < -0.3 is 5.73 Å². The van der Waals surface area contributed by atoms with Crippen molar-refractivity contribution >= 4 is 17.2 Å². The molecule has 0 atom stereocenters. The Kier molecular flexibility index (Phi) is 3.80. The van der Waals surface area contributed by atoms with Crippen LogP contribution in [0.1, 0.15) is 16.3 Å². The number of halogens is 2. The molecule has 0 spiro atoms. The van der Waals surface area contributed by atoms with E-state index in [2.05, 4.69) is 10.1 Å². The molecule has 2 N–H and O–H groups in total. The smallest absolute Gasteiger partial charge is 0.140 e. The molecule has 2 heterocycles. The molecule has 0 radical (unpaired) electrons. The zero-order valence-corrected chi connectivity index (χ0v) is 12.9. The van der Waals surface area contributed by atoms with Gasteiger partial charge in [-0.05, 0) is 19.1 Å². The lowest BCUT2D eigenvalue weighted by Crippen LogP contribution is -2.06. The molecule has 116 valence electrons. The Hall–Kier alpha value is -2.79. The number of rotatable bonds is 3. The third-order valence-corrected chi connectivity index (χ3v) is 4.17. The lowest BCUT2D eigenvalue weighted by molar-refractivity contribution is 0.588. The van der Waals surface area contributed by atoms with E-state index in [0.717, 1.165) is 0 Å². The number of aryl methyl sites for hydroxylation is 1. The standard InChI is InChI=1S/C15H11F2N5S/c1-8-9(5-18)15(19)22(21-8)6-13-20-12(7-23-13)14-10(16)3-2-4-11(14)17/h2-4,7H,6,19H2,1H3. The van der Waals surface area contributed by atoms with Gasteiger partial charge in [-0.3, -0.25) is 0 Å². The number of aromatic nitrogens is 3. The average Bonchev–Trinajstić information content (AvgIpc) is 3.05. The number of benzene rings is 1. The van der Waals surface area contributed by atoms with Crippen molar-refractivity contribution in [1.82, 2.24) is 14.8 Å². The quantitative estimate of drug-likeness (QED) is 0.799. The minimum absolute atomic E-state index is 0.155. The summed E-state index contributed by atoms with van der Waals surface area (Å²) in [5.41, 5.74) is 6.78. The highest BCUT2D eigenvalue weighted by molar-refractivity contribution is 7.09. The fourth-order valence-corrected chi connectivity index (χ4v) is 2.99. The Bertz CT molecular complexity index is 902. The molecule has 0 aliphatic heterocycles. The summed E-state index contributed by atoms with van der Waals surface area (Å²) in [6.07, 6.45) is 0. The lowest BCUT2D eigenvalue weighted by Gasteiger charge is -2.02. The molecule has 0 aliphatic rings. The van der Waals surface area contributed by atoms with Gasteiger partial charge in [0.15, 0.2) is 0 Å². The highest BCUT2D eigenvalue weighted by Gasteiger charge is 2.16. The first-order chi connectivity index (χ1) is 11.0. The molecule has 0 saturated heterocycles. The molecule has 0 saturated carbocycles. The first-order valence-electron chi connectivity index (χ1n) is 6.63. The fourth-order valence-electron chi connectivity index (χ4n) is 2.23. The van der Waals surface area contributed by atoms with E-state index < -0.39 is 11.6 Å². The number of thiazole rings is 1. The number of nitrogen functional groups attached to an aromatic ring is 1. The maximum Gasteiger partial charge on any atom is 0.140 e. The maximum absolute atomic E-state index is 13.8. The Morgan fingerprint density at radius 3 is 2.65 bits per heavy atom. The van der Waals surface area contributed by atoms with Crippen LogP contribution in [0, 0.1) is 29.9 Å². The summed E-state index contributed by atoms with van der Waals surface area (Å²) in [7, 11) is 0. The maximum atomic E-state index is 13.8. The van der Waals surface area contributed by atoms with Crippen molar-refractivity contribution in [3.8, 4) is 17.3 Å². The topological polar surface area (TPSA) is 80.5 Å². The molecule has 0 bridgehead atoms. The Balaban J connectivity index is 1.93. The van der Waals surface area contributed by atoms with Crippen LogP contribution >= 0.6 is 11.3 Å². The van der Waals surface area contributed by atoms with E-state index in [4.69, 9.17) is 11.0 Å². The van der Waals surface area contributed by atoms with Crippen molar-refractivity contribution in [3.05, 3.63) is 51.5 Å². The highest BCUT2D eigenvalue weighted by atomic mass is 32.1. The normalized spacial score (nSPS) is 10.7. The van der Waals surface area contributed by atoms with Crippen molar-refractivity contribution in [1.29, 1.82) is 5.26 Å².